The lowest BCUT2D eigenvalue weighted by Gasteiger charge is -2.52. The molecule has 0 radical (unpaired) electrons. The quantitative estimate of drug-likeness (QED) is 0.339. The molecule has 184 valence electrons. The van der Waals surface area contributed by atoms with Crippen molar-refractivity contribution >= 4 is 9.84 Å². The Morgan fingerprint density at radius 3 is 2.49 bits per heavy atom. The predicted molar refractivity (Wildman–Crippen MR) is 139 cm³/mol. The van der Waals surface area contributed by atoms with Crippen LogP contribution >= 0.6 is 0 Å². The first kappa shape index (κ1) is 24.1. The summed E-state index contributed by atoms with van der Waals surface area (Å²) in [6.45, 7) is 16.2. The summed E-state index contributed by atoms with van der Waals surface area (Å²) in [6, 6.07) is 6.89. The molecule has 0 spiro atoms. The summed E-state index contributed by atoms with van der Waals surface area (Å²) in [5.41, 5.74) is 4.29. The molecule has 1 aromatic rings. The van der Waals surface area contributed by atoms with E-state index in [9.17, 15) is 8.42 Å². The molecule has 5 rings (SSSR count). The summed E-state index contributed by atoms with van der Waals surface area (Å²) in [5, 5.41) is 0. The molecule has 0 fully saturated rings. The van der Waals surface area contributed by atoms with Crippen LogP contribution in [0.2, 0.25) is 0 Å². The van der Waals surface area contributed by atoms with Gasteiger partial charge in [0.1, 0.15) is 0 Å². The summed E-state index contributed by atoms with van der Waals surface area (Å²) < 4.78 is 33.3. The fourth-order valence-electron chi connectivity index (χ4n) is 7.29. The number of ether oxygens (including phenoxy) is 1. The van der Waals surface area contributed by atoms with Gasteiger partial charge in [0, 0.05) is 29.7 Å². The molecule has 5 atom stereocenters. The van der Waals surface area contributed by atoms with Gasteiger partial charge in [-0.2, -0.15) is 0 Å². The Balaban J connectivity index is 1.54. The molecule has 0 bridgehead atoms. The van der Waals surface area contributed by atoms with E-state index in [0.717, 1.165) is 49.0 Å². The van der Waals surface area contributed by atoms with Crippen LogP contribution in [0.5, 0.6) is 0 Å². The standard InChI is InChI=1S/C30H35NO3S/c1-20-7-10-23(11-8-20)35(32,33)30(4,31-5)27-14-13-25-24-12-9-21-19-22(34-6)15-17-28(21,2)26(24)16-18-29(25,27)3/h7-11,14,16,19,24-25H,12-13,15,17-18H2,1-4,6H3/t24-,25-,28-,29-,30?/m0/s1. The molecule has 4 aliphatic carbocycles. The Kier molecular flexibility index (Phi) is 5.49. The summed E-state index contributed by atoms with van der Waals surface area (Å²) in [5.74, 6) is 1.72. The molecule has 4 nitrogen and oxygen atoms in total. The lowest BCUT2D eigenvalue weighted by atomic mass is 9.52. The Morgan fingerprint density at radius 1 is 1.11 bits per heavy atom. The molecular weight excluding hydrogens is 454 g/mol. The number of aryl methyl sites for hydroxylation is 1. The highest BCUT2D eigenvalue weighted by atomic mass is 32.2. The van der Waals surface area contributed by atoms with Crippen molar-refractivity contribution in [3.8, 4) is 0 Å². The van der Waals surface area contributed by atoms with Crippen molar-refractivity contribution in [2.45, 2.75) is 69.6 Å². The molecule has 0 saturated carbocycles. The van der Waals surface area contributed by atoms with Gasteiger partial charge in [0.2, 0.25) is 0 Å². The van der Waals surface area contributed by atoms with Crippen LogP contribution in [0.25, 0.3) is 4.85 Å². The molecule has 0 amide bonds. The zero-order chi connectivity index (χ0) is 25.2. The third kappa shape index (κ3) is 3.25. The normalized spacial score (nSPS) is 33.5. The van der Waals surface area contributed by atoms with Gasteiger partial charge in [0.15, 0.2) is 0 Å². The molecular formula is C30H35NO3S. The van der Waals surface area contributed by atoms with Crippen LogP contribution in [0.1, 0.15) is 58.4 Å². The van der Waals surface area contributed by atoms with Crippen LogP contribution in [0, 0.1) is 36.2 Å². The van der Waals surface area contributed by atoms with Crippen LogP contribution in [0.4, 0.5) is 0 Å². The monoisotopic (exact) mass is 489 g/mol. The van der Waals surface area contributed by atoms with Gasteiger partial charge in [0.25, 0.3) is 9.84 Å². The van der Waals surface area contributed by atoms with Crippen molar-refractivity contribution in [3.05, 3.63) is 88.0 Å². The molecule has 1 unspecified atom stereocenters. The van der Waals surface area contributed by atoms with E-state index in [4.69, 9.17) is 11.3 Å². The maximum Gasteiger partial charge on any atom is 0.352 e. The fourth-order valence-corrected chi connectivity index (χ4v) is 8.97. The van der Waals surface area contributed by atoms with Crippen LogP contribution in [-0.4, -0.2) is 20.4 Å². The second-order valence-corrected chi connectivity index (χ2v) is 13.6. The molecule has 35 heavy (non-hydrogen) atoms. The second-order valence-electron chi connectivity index (χ2n) is 11.3. The number of hydrogen-bond acceptors (Lipinski definition) is 3. The van der Waals surface area contributed by atoms with Crippen molar-refractivity contribution in [1.29, 1.82) is 0 Å². The number of rotatable bonds is 4. The maximum atomic E-state index is 13.9. The zero-order valence-electron chi connectivity index (χ0n) is 21.4. The highest BCUT2D eigenvalue weighted by molar-refractivity contribution is 7.93. The first-order valence-corrected chi connectivity index (χ1v) is 14.1. The van der Waals surface area contributed by atoms with E-state index in [0.29, 0.717) is 11.8 Å². The van der Waals surface area contributed by atoms with E-state index in [1.807, 2.05) is 6.92 Å². The van der Waals surface area contributed by atoms with Crippen LogP contribution in [-0.2, 0) is 14.6 Å². The Morgan fingerprint density at radius 2 is 1.83 bits per heavy atom. The van der Waals surface area contributed by atoms with E-state index >= 15 is 0 Å². The minimum absolute atomic E-state index is 0.00606. The number of benzene rings is 1. The van der Waals surface area contributed by atoms with Crippen LogP contribution in [0.3, 0.4) is 0 Å². The molecule has 5 heteroatoms. The Labute approximate surface area is 210 Å². The minimum atomic E-state index is -3.89. The van der Waals surface area contributed by atoms with Crippen molar-refractivity contribution in [2.75, 3.05) is 7.11 Å². The number of fused-ring (bicyclic) bond motifs is 5. The average Bonchev–Trinajstić information content (AvgIpc) is 3.21. The first-order chi connectivity index (χ1) is 16.5. The number of methoxy groups -OCH3 is 1. The summed E-state index contributed by atoms with van der Waals surface area (Å²) >= 11 is 0. The Hall–Kier alpha value is -2.58. The number of allylic oxidation sites excluding steroid dienone is 7. The maximum absolute atomic E-state index is 13.9. The van der Waals surface area contributed by atoms with Crippen molar-refractivity contribution in [1.82, 2.24) is 0 Å². The minimum Gasteiger partial charge on any atom is -0.501 e. The number of nitrogens with zero attached hydrogens (tertiary/aromatic N) is 1. The first-order valence-electron chi connectivity index (χ1n) is 12.6. The number of hydrogen-bond donors (Lipinski definition) is 0. The van der Waals surface area contributed by atoms with Crippen molar-refractivity contribution in [3.63, 3.8) is 0 Å². The predicted octanol–water partition coefficient (Wildman–Crippen LogP) is 6.96. The average molecular weight is 490 g/mol. The largest absolute Gasteiger partial charge is 0.501 e. The van der Waals surface area contributed by atoms with Crippen LogP contribution < -0.4 is 0 Å². The summed E-state index contributed by atoms with van der Waals surface area (Å²) in [4.78, 5) is 2.46. The third-order valence-corrected chi connectivity index (χ3v) is 11.8. The van der Waals surface area contributed by atoms with E-state index < -0.39 is 14.7 Å². The van der Waals surface area contributed by atoms with Gasteiger partial charge in [-0.3, -0.25) is 4.85 Å². The van der Waals surface area contributed by atoms with Crippen LogP contribution in [0.15, 0.2) is 75.9 Å². The van der Waals surface area contributed by atoms with Gasteiger partial charge in [-0.25, -0.2) is 15.0 Å². The molecule has 0 saturated heterocycles. The molecule has 4 aliphatic rings. The highest BCUT2D eigenvalue weighted by Crippen LogP contribution is 2.64. The topological polar surface area (TPSA) is 47.7 Å². The second kappa shape index (κ2) is 7.96. The SMILES string of the molecule is [C-]#[N+]C(C)(C1=CC[C@H]2[C@@H]3CC=C4C=C(OC)CC[C@]4(C)C3=CC[C@]12C)S(=O)(=O)c1ccc(C)cc1. The number of sulfone groups is 1. The lowest BCUT2D eigenvalue weighted by molar-refractivity contribution is 0.147. The van der Waals surface area contributed by atoms with Gasteiger partial charge in [0.05, 0.1) is 17.8 Å². The van der Waals surface area contributed by atoms with Gasteiger partial charge in [-0.15, -0.1) is 0 Å². The van der Waals surface area contributed by atoms with Crippen molar-refractivity contribution in [2.24, 2.45) is 22.7 Å². The molecule has 0 N–H and O–H groups in total. The molecule has 0 aromatic heterocycles. The van der Waals surface area contributed by atoms with Gasteiger partial charge < -0.3 is 4.74 Å². The summed E-state index contributed by atoms with van der Waals surface area (Å²) in [7, 11) is -2.14. The van der Waals surface area contributed by atoms with E-state index in [1.165, 1.54) is 11.1 Å². The van der Waals surface area contributed by atoms with Crippen molar-refractivity contribution < 1.29 is 13.2 Å². The molecule has 0 heterocycles. The smallest absolute Gasteiger partial charge is 0.352 e. The Bertz CT molecular complexity index is 1340. The van der Waals surface area contributed by atoms with E-state index in [1.54, 1.807) is 38.3 Å². The molecule has 0 aliphatic heterocycles. The lowest BCUT2D eigenvalue weighted by Crippen LogP contribution is -2.46. The summed E-state index contributed by atoms with van der Waals surface area (Å²) in [6.07, 6.45) is 13.6. The van der Waals surface area contributed by atoms with E-state index in [2.05, 4.69) is 43.0 Å². The molecule has 1 aromatic carbocycles. The fraction of sp³-hybridized carbons (Fsp3) is 0.500. The highest BCUT2D eigenvalue weighted by Gasteiger charge is 2.62. The third-order valence-electron chi connectivity index (χ3n) is 9.52. The van der Waals surface area contributed by atoms with Gasteiger partial charge in [-0.1, -0.05) is 55.3 Å². The van der Waals surface area contributed by atoms with Gasteiger partial charge in [-0.05, 0) is 68.2 Å². The van der Waals surface area contributed by atoms with Gasteiger partial charge >= 0.3 is 4.87 Å². The van der Waals surface area contributed by atoms with E-state index in [-0.39, 0.29) is 15.7 Å². The zero-order valence-corrected chi connectivity index (χ0v) is 22.2.